The van der Waals surface area contributed by atoms with E-state index in [4.69, 9.17) is 27.9 Å². The van der Waals surface area contributed by atoms with Gasteiger partial charge in [0.25, 0.3) is 10.0 Å². The quantitative estimate of drug-likeness (QED) is 0.509. The van der Waals surface area contributed by atoms with Crippen LogP contribution in [-0.4, -0.2) is 28.0 Å². The summed E-state index contributed by atoms with van der Waals surface area (Å²) in [5.41, 5.74) is 1.51. The first-order valence-electron chi connectivity index (χ1n) is 9.19. The Morgan fingerprint density at radius 3 is 2.26 bits per heavy atom. The third-order valence-electron chi connectivity index (χ3n) is 4.47. The molecule has 1 N–H and O–H groups in total. The van der Waals surface area contributed by atoms with Gasteiger partial charge in [0.15, 0.2) is 0 Å². The lowest BCUT2D eigenvalue weighted by molar-refractivity contribution is -0.114. The second-order valence-electron chi connectivity index (χ2n) is 6.67. The zero-order valence-corrected chi connectivity index (χ0v) is 19.1. The Morgan fingerprint density at radius 2 is 1.65 bits per heavy atom. The van der Waals surface area contributed by atoms with E-state index in [9.17, 15) is 13.2 Å². The number of halogens is 2. The molecule has 6 nitrogen and oxygen atoms in total. The van der Waals surface area contributed by atoms with Crippen molar-refractivity contribution in [3.63, 3.8) is 0 Å². The molecule has 0 unspecified atom stereocenters. The fraction of sp³-hybridized carbons (Fsp3) is 0.136. The number of amides is 1. The van der Waals surface area contributed by atoms with E-state index in [1.807, 2.05) is 6.92 Å². The predicted molar refractivity (Wildman–Crippen MR) is 124 cm³/mol. The minimum Gasteiger partial charge on any atom is -0.497 e. The van der Waals surface area contributed by atoms with Crippen molar-refractivity contribution in [1.82, 2.24) is 0 Å². The maximum absolute atomic E-state index is 13.4. The number of nitrogens with one attached hydrogen (secondary N) is 1. The Hall–Kier alpha value is -2.74. The number of sulfonamides is 1. The number of carbonyl (C=O) groups excluding carboxylic acids is 1. The van der Waals surface area contributed by atoms with Gasteiger partial charge in [-0.3, -0.25) is 9.10 Å². The second kappa shape index (κ2) is 9.60. The van der Waals surface area contributed by atoms with Crippen LogP contribution in [0.2, 0.25) is 10.0 Å². The van der Waals surface area contributed by atoms with Crippen LogP contribution in [-0.2, 0) is 14.8 Å². The number of benzene rings is 3. The van der Waals surface area contributed by atoms with Crippen molar-refractivity contribution in [2.45, 2.75) is 11.8 Å². The molecule has 0 fully saturated rings. The lowest BCUT2D eigenvalue weighted by Crippen LogP contribution is -2.38. The molecule has 0 aliphatic rings. The first-order chi connectivity index (χ1) is 14.7. The summed E-state index contributed by atoms with van der Waals surface area (Å²) >= 11 is 12.4. The largest absolute Gasteiger partial charge is 0.497 e. The van der Waals surface area contributed by atoms with Gasteiger partial charge in [0.2, 0.25) is 5.91 Å². The molecule has 162 valence electrons. The number of hydrogen-bond acceptors (Lipinski definition) is 4. The molecule has 9 heteroatoms. The predicted octanol–water partition coefficient (Wildman–Crippen LogP) is 5.14. The molecular formula is C22H20Cl2N2O4S. The minimum absolute atomic E-state index is 0.0337. The standard InChI is InChI=1S/C22H20Cl2N2O4S/c1-15-6-12-18(13-7-15)31(28,29)26(20-5-3-4-19(23)22(20)24)14-21(27)25-16-8-10-17(30-2)11-9-16/h3-13H,14H2,1-2H3,(H,25,27). The van der Waals surface area contributed by atoms with E-state index in [2.05, 4.69) is 5.32 Å². The first-order valence-corrected chi connectivity index (χ1v) is 11.4. The van der Waals surface area contributed by atoms with Crippen molar-refractivity contribution in [3.8, 4) is 5.75 Å². The monoisotopic (exact) mass is 478 g/mol. The Kier molecular flexibility index (Phi) is 7.10. The molecule has 1 amide bonds. The number of anilines is 2. The van der Waals surface area contributed by atoms with Crippen molar-refractivity contribution in [3.05, 3.63) is 82.3 Å². The molecule has 3 rings (SSSR count). The lowest BCUT2D eigenvalue weighted by atomic mass is 10.2. The Bertz CT molecular complexity index is 1180. The van der Waals surface area contributed by atoms with E-state index in [1.54, 1.807) is 48.5 Å². The highest BCUT2D eigenvalue weighted by molar-refractivity contribution is 7.92. The molecule has 0 aliphatic carbocycles. The van der Waals surface area contributed by atoms with Crippen LogP contribution in [0.3, 0.4) is 0 Å². The number of methoxy groups -OCH3 is 1. The summed E-state index contributed by atoms with van der Waals surface area (Å²) in [7, 11) is -2.56. The summed E-state index contributed by atoms with van der Waals surface area (Å²) in [6.07, 6.45) is 0. The summed E-state index contributed by atoms with van der Waals surface area (Å²) < 4.78 is 32.9. The average molecular weight is 479 g/mol. The Morgan fingerprint density at radius 1 is 1.00 bits per heavy atom. The maximum atomic E-state index is 13.4. The summed E-state index contributed by atoms with van der Waals surface area (Å²) in [6.45, 7) is 1.35. The molecule has 0 atom stereocenters. The summed E-state index contributed by atoms with van der Waals surface area (Å²) in [5, 5.41) is 2.90. The minimum atomic E-state index is -4.10. The number of rotatable bonds is 7. The fourth-order valence-corrected chi connectivity index (χ4v) is 4.71. The van der Waals surface area contributed by atoms with Gasteiger partial charge >= 0.3 is 0 Å². The summed E-state index contributed by atoms with van der Waals surface area (Å²) in [5.74, 6) is 0.0872. The van der Waals surface area contributed by atoms with Gasteiger partial charge in [0.05, 0.1) is 27.7 Å². The van der Waals surface area contributed by atoms with Crippen molar-refractivity contribution >= 4 is 50.5 Å². The van der Waals surface area contributed by atoms with Gasteiger partial charge in [-0.1, -0.05) is 47.0 Å². The van der Waals surface area contributed by atoms with Crippen LogP contribution in [0.1, 0.15) is 5.56 Å². The molecule has 0 aliphatic heterocycles. The van der Waals surface area contributed by atoms with E-state index in [-0.39, 0.29) is 20.6 Å². The Balaban J connectivity index is 1.96. The second-order valence-corrected chi connectivity index (χ2v) is 9.32. The van der Waals surface area contributed by atoms with E-state index >= 15 is 0 Å². The number of hydrogen-bond donors (Lipinski definition) is 1. The van der Waals surface area contributed by atoms with E-state index < -0.39 is 22.5 Å². The van der Waals surface area contributed by atoms with Gasteiger partial charge in [-0.15, -0.1) is 0 Å². The lowest BCUT2D eigenvalue weighted by Gasteiger charge is -2.25. The van der Waals surface area contributed by atoms with Gasteiger partial charge in [-0.2, -0.15) is 0 Å². The number of carbonyl (C=O) groups is 1. The highest BCUT2D eigenvalue weighted by Gasteiger charge is 2.29. The van der Waals surface area contributed by atoms with Crippen LogP contribution in [0.25, 0.3) is 0 Å². The normalized spacial score (nSPS) is 11.1. The fourth-order valence-electron chi connectivity index (χ4n) is 2.83. The van der Waals surface area contributed by atoms with Gasteiger partial charge in [0.1, 0.15) is 12.3 Å². The third-order valence-corrected chi connectivity index (χ3v) is 7.05. The smallest absolute Gasteiger partial charge is 0.264 e. The van der Waals surface area contributed by atoms with Gasteiger partial charge in [0, 0.05) is 5.69 Å². The number of ether oxygens (including phenoxy) is 1. The Labute approximate surface area is 191 Å². The van der Waals surface area contributed by atoms with E-state index in [1.165, 1.54) is 25.3 Å². The van der Waals surface area contributed by atoms with Crippen LogP contribution >= 0.6 is 23.2 Å². The first kappa shape index (κ1) is 22.9. The molecule has 0 radical (unpaired) electrons. The van der Waals surface area contributed by atoms with Crippen LogP contribution in [0.4, 0.5) is 11.4 Å². The van der Waals surface area contributed by atoms with Crippen molar-refractivity contribution in [2.24, 2.45) is 0 Å². The molecule has 0 saturated carbocycles. The van der Waals surface area contributed by atoms with Gasteiger partial charge in [-0.05, 0) is 55.5 Å². The molecule has 0 saturated heterocycles. The van der Waals surface area contributed by atoms with Crippen LogP contribution < -0.4 is 14.4 Å². The molecule has 0 spiro atoms. The van der Waals surface area contributed by atoms with Crippen LogP contribution in [0.15, 0.2) is 71.6 Å². The van der Waals surface area contributed by atoms with Crippen LogP contribution in [0.5, 0.6) is 5.75 Å². The maximum Gasteiger partial charge on any atom is 0.264 e. The zero-order valence-electron chi connectivity index (χ0n) is 16.8. The van der Waals surface area contributed by atoms with Crippen molar-refractivity contribution in [2.75, 3.05) is 23.3 Å². The molecule has 3 aromatic carbocycles. The van der Waals surface area contributed by atoms with Crippen LogP contribution in [0, 0.1) is 6.92 Å². The molecule has 0 heterocycles. The molecule has 31 heavy (non-hydrogen) atoms. The highest BCUT2D eigenvalue weighted by atomic mass is 35.5. The SMILES string of the molecule is COc1ccc(NC(=O)CN(c2cccc(Cl)c2Cl)S(=O)(=O)c2ccc(C)cc2)cc1. The van der Waals surface area contributed by atoms with Crippen molar-refractivity contribution in [1.29, 1.82) is 0 Å². The van der Waals surface area contributed by atoms with Gasteiger partial charge < -0.3 is 10.1 Å². The average Bonchev–Trinajstić information content (AvgIpc) is 2.75. The summed E-state index contributed by atoms with van der Waals surface area (Å²) in [4.78, 5) is 12.8. The molecular weight excluding hydrogens is 459 g/mol. The molecule has 3 aromatic rings. The third kappa shape index (κ3) is 5.31. The molecule has 0 bridgehead atoms. The van der Waals surface area contributed by atoms with E-state index in [0.29, 0.717) is 11.4 Å². The summed E-state index contributed by atoms with van der Waals surface area (Å²) in [6, 6.07) is 17.6. The van der Waals surface area contributed by atoms with Gasteiger partial charge in [-0.25, -0.2) is 8.42 Å². The highest BCUT2D eigenvalue weighted by Crippen LogP contribution is 2.35. The number of nitrogens with zero attached hydrogens (tertiary/aromatic N) is 1. The molecule has 0 aromatic heterocycles. The van der Waals surface area contributed by atoms with E-state index in [0.717, 1.165) is 9.87 Å². The topological polar surface area (TPSA) is 75.7 Å². The van der Waals surface area contributed by atoms with Crippen molar-refractivity contribution < 1.29 is 17.9 Å². The zero-order chi connectivity index (χ0) is 22.6. The number of aryl methyl sites for hydroxylation is 1.